The van der Waals surface area contributed by atoms with Crippen molar-refractivity contribution in [1.82, 2.24) is 4.98 Å². The summed E-state index contributed by atoms with van der Waals surface area (Å²) >= 11 is 1.20. The molecule has 19 heavy (non-hydrogen) atoms. The molecule has 0 saturated heterocycles. The zero-order valence-corrected chi connectivity index (χ0v) is 11.1. The average molecular weight is 275 g/mol. The van der Waals surface area contributed by atoms with E-state index >= 15 is 0 Å². The number of nitrogens with zero attached hydrogens (tertiary/aromatic N) is 1. The number of thiazole rings is 1. The van der Waals surface area contributed by atoms with Crippen molar-refractivity contribution in [3.05, 3.63) is 47.0 Å². The van der Waals surface area contributed by atoms with E-state index in [1.807, 2.05) is 18.2 Å². The number of carbonyl (C=O) groups is 2. The Labute approximate surface area is 114 Å². The van der Waals surface area contributed by atoms with Gasteiger partial charge in [0.05, 0.1) is 0 Å². The third-order valence-corrected chi connectivity index (χ3v) is 3.29. The summed E-state index contributed by atoms with van der Waals surface area (Å²) in [7, 11) is 0. The van der Waals surface area contributed by atoms with Crippen LogP contribution >= 0.6 is 11.3 Å². The lowest BCUT2D eigenvalue weighted by atomic mass is 10.1. The first-order chi connectivity index (χ1) is 9.08. The van der Waals surface area contributed by atoms with Crippen LogP contribution in [0.4, 0.5) is 5.13 Å². The number of hydrogen-bond donors (Lipinski definition) is 2. The largest absolute Gasteiger partial charge is 0.316 e. The van der Waals surface area contributed by atoms with E-state index in [4.69, 9.17) is 5.73 Å². The minimum absolute atomic E-state index is 0.135. The molecule has 98 valence electrons. The fraction of sp³-hybridized carbons (Fsp3) is 0.154. The second-order valence-corrected chi connectivity index (χ2v) is 4.83. The van der Waals surface area contributed by atoms with Gasteiger partial charge in [0.1, 0.15) is 11.7 Å². The minimum Gasteiger partial charge on any atom is -0.316 e. The van der Waals surface area contributed by atoms with Crippen LogP contribution in [0.3, 0.4) is 0 Å². The van der Waals surface area contributed by atoms with Crippen molar-refractivity contribution in [2.45, 2.75) is 13.0 Å². The Balaban J connectivity index is 2.06. The second-order valence-electron chi connectivity index (χ2n) is 3.97. The van der Waals surface area contributed by atoms with Gasteiger partial charge in [-0.1, -0.05) is 30.3 Å². The smallest absolute Gasteiger partial charge is 0.247 e. The standard InChI is InChI=1S/C13H13N3O2S/c1-8(17)10-7-19-13(15-10)16-12(18)11(14)9-5-3-2-4-6-9/h2-7,11H,14H2,1H3,(H,15,16,18)/t11-/m1/s1. The molecule has 0 fully saturated rings. The Morgan fingerprint density at radius 1 is 1.32 bits per heavy atom. The lowest BCUT2D eigenvalue weighted by molar-refractivity contribution is -0.117. The van der Waals surface area contributed by atoms with Gasteiger partial charge in [0.15, 0.2) is 10.9 Å². The third-order valence-electron chi connectivity index (χ3n) is 2.54. The van der Waals surface area contributed by atoms with Crippen molar-refractivity contribution in [2.75, 3.05) is 5.32 Å². The third kappa shape index (κ3) is 3.24. The first-order valence-electron chi connectivity index (χ1n) is 5.66. The molecule has 1 atom stereocenters. The predicted molar refractivity (Wildman–Crippen MR) is 74.1 cm³/mol. The highest BCUT2D eigenvalue weighted by Crippen LogP contribution is 2.18. The molecular formula is C13H13N3O2S. The number of rotatable bonds is 4. The molecule has 5 nitrogen and oxygen atoms in total. The van der Waals surface area contributed by atoms with Gasteiger partial charge in [0.2, 0.25) is 5.91 Å². The molecule has 0 saturated carbocycles. The number of hydrogen-bond acceptors (Lipinski definition) is 5. The van der Waals surface area contributed by atoms with Gasteiger partial charge >= 0.3 is 0 Å². The van der Waals surface area contributed by atoms with Crippen molar-refractivity contribution < 1.29 is 9.59 Å². The van der Waals surface area contributed by atoms with Crippen molar-refractivity contribution in [3.8, 4) is 0 Å². The first-order valence-corrected chi connectivity index (χ1v) is 6.53. The maximum Gasteiger partial charge on any atom is 0.247 e. The molecule has 2 rings (SSSR count). The summed E-state index contributed by atoms with van der Waals surface area (Å²) in [5.74, 6) is -0.486. The van der Waals surface area contributed by atoms with E-state index in [2.05, 4.69) is 10.3 Å². The molecule has 6 heteroatoms. The highest BCUT2D eigenvalue weighted by molar-refractivity contribution is 7.14. The number of nitrogens with one attached hydrogen (secondary N) is 1. The van der Waals surface area contributed by atoms with Gasteiger partial charge in [-0.25, -0.2) is 4.98 Å². The molecule has 0 aliphatic carbocycles. The molecule has 3 N–H and O–H groups in total. The van der Waals surface area contributed by atoms with Crippen LogP contribution in [-0.4, -0.2) is 16.7 Å². The monoisotopic (exact) mass is 275 g/mol. The number of Topliss-reactive ketones (excluding diaryl/α,β-unsaturated/α-hetero) is 1. The van der Waals surface area contributed by atoms with E-state index in [0.717, 1.165) is 5.56 Å². The molecule has 1 aromatic heterocycles. The van der Waals surface area contributed by atoms with Gasteiger partial charge in [0.25, 0.3) is 0 Å². The van der Waals surface area contributed by atoms with Gasteiger partial charge in [-0.2, -0.15) is 0 Å². The maximum atomic E-state index is 11.9. The van der Waals surface area contributed by atoms with Crippen LogP contribution in [0.1, 0.15) is 29.0 Å². The fourth-order valence-corrected chi connectivity index (χ4v) is 2.24. The average Bonchev–Trinajstić information content (AvgIpc) is 2.87. The fourth-order valence-electron chi connectivity index (χ4n) is 1.49. The molecule has 0 aliphatic rings. The van der Waals surface area contributed by atoms with Crippen LogP contribution < -0.4 is 11.1 Å². The molecule has 0 bridgehead atoms. The number of amides is 1. The van der Waals surface area contributed by atoms with Crippen LogP contribution in [0, 0.1) is 0 Å². The number of aromatic nitrogens is 1. The van der Waals surface area contributed by atoms with Crippen LogP contribution in [0.2, 0.25) is 0 Å². The molecule has 0 radical (unpaired) electrons. The summed E-state index contributed by atoms with van der Waals surface area (Å²) in [6, 6.07) is 8.30. The van der Waals surface area contributed by atoms with E-state index < -0.39 is 6.04 Å². The summed E-state index contributed by atoms with van der Waals surface area (Å²) in [6.07, 6.45) is 0. The lowest BCUT2D eigenvalue weighted by Gasteiger charge is -2.10. The second kappa shape index (κ2) is 5.73. The molecule has 0 unspecified atom stereocenters. The van der Waals surface area contributed by atoms with Crippen molar-refractivity contribution in [3.63, 3.8) is 0 Å². The molecular weight excluding hydrogens is 262 g/mol. The normalized spacial score (nSPS) is 11.9. The van der Waals surface area contributed by atoms with Crippen molar-refractivity contribution in [2.24, 2.45) is 5.73 Å². The Morgan fingerprint density at radius 2 is 2.00 bits per heavy atom. The van der Waals surface area contributed by atoms with Gasteiger partial charge in [-0.15, -0.1) is 11.3 Å². The van der Waals surface area contributed by atoms with E-state index in [9.17, 15) is 9.59 Å². The number of ketones is 1. The Hall–Kier alpha value is -2.05. The zero-order chi connectivity index (χ0) is 13.8. The molecule has 0 aliphatic heterocycles. The zero-order valence-electron chi connectivity index (χ0n) is 10.3. The summed E-state index contributed by atoms with van der Waals surface area (Å²) in [5.41, 5.74) is 6.92. The van der Waals surface area contributed by atoms with Crippen molar-refractivity contribution >= 4 is 28.2 Å². The summed E-state index contributed by atoms with van der Waals surface area (Å²) < 4.78 is 0. The van der Waals surface area contributed by atoms with Crippen LogP contribution in [0.15, 0.2) is 35.7 Å². The number of carbonyl (C=O) groups excluding carboxylic acids is 2. The quantitative estimate of drug-likeness (QED) is 0.835. The summed E-state index contributed by atoms with van der Waals surface area (Å²) in [6.45, 7) is 1.43. The highest BCUT2D eigenvalue weighted by Gasteiger charge is 2.17. The van der Waals surface area contributed by atoms with Gasteiger partial charge < -0.3 is 11.1 Å². The number of benzene rings is 1. The molecule has 1 heterocycles. The highest BCUT2D eigenvalue weighted by atomic mass is 32.1. The lowest BCUT2D eigenvalue weighted by Crippen LogP contribution is -2.27. The van der Waals surface area contributed by atoms with Crippen LogP contribution in [0.5, 0.6) is 0 Å². The van der Waals surface area contributed by atoms with Crippen LogP contribution in [0.25, 0.3) is 0 Å². The van der Waals surface area contributed by atoms with Gasteiger partial charge in [-0.3, -0.25) is 9.59 Å². The Morgan fingerprint density at radius 3 is 2.58 bits per heavy atom. The predicted octanol–water partition coefficient (Wildman–Crippen LogP) is 1.98. The SMILES string of the molecule is CC(=O)c1csc(NC(=O)[C@H](N)c2ccccc2)n1. The molecule has 1 aromatic carbocycles. The van der Waals surface area contributed by atoms with E-state index in [1.165, 1.54) is 18.3 Å². The van der Waals surface area contributed by atoms with E-state index in [1.54, 1.807) is 17.5 Å². The number of anilines is 1. The first kappa shape index (κ1) is 13.4. The van der Waals surface area contributed by atoms with Gasteiger partial charge in [-0.05, 0) is 5.56 Å². The van der Waals surface area contributed by atoms with Crippen LogP contribution in [-0.2, 0) is 4.79 Å². The van der Waals surface area contributed by atoms with E-state index in [-0.39, 0.29) is 11.7 Å². The van der Waals surface area contributed by atoms with E-state index in [0.29, 0.717) is 10.8 Å². The molecule has 0 spiro atoms. The van der Waals surface area contributed by atoms with Gasteiger partial charge in [0, 0.05) is 12.3 Å². The maximum absolute atomic E-state index is 11.9. The minimum atomic E-state index is -0.758. The Bertz CT molecular complexity index is 595. The molecule has 2 aromatic rings. The molecule has 1 amide bonds. The number of nitrogens with two attached hydrogens (primary N) is 1. The summed E-state index contributed by atoms with van der Waals surface area (Å²) in [4.78, 5) is 27.1. The van der Waals surface area contributed by atoms with Crippen molar-refractivity contribution in [1.29, 1.82) is 0 Å². The Kier molecular flexibility index (Phi) is 4.03. The topological polar surface area (TPSA) is 85.1 Å². The summed E-state index contributed by atoms with van der Waals surface area (Å²) in [5, 5.41) is 4.59.